The summed E-state index contributed by atoms with van der Waals surface area (Å²) in [6.07, 6.45) is 1.22. The molecule has 0 saturated carbocycles. The van der Waals surface area contributed by atoms with Crippen LogP contribution in [0.15, 0.2) is 35.7 Å². The van der Waals surface area contributed by atoms with Crippen LogP contribution in [0.3, 0.4) is 0 Å². The lowest BCUT2D eigenvalue weighted by molar-refractivity contribution is -0.114. The third kappa shape index (κ3) is 5.39. The predicted molar refractivity (Wildman–Crippen MR) is 105 cm³/mol. The Balaban J connectivity index is 1.51. The van der Waals surface area contributed by atoms with E-state index in [1.165, 1.54) is 35.9 Å². The van der Waals surface area contributed by atoms with E-state index in [4.69, 9.17) is 0 Å². The number of anilines is 1. The number of nitrogens with one attached hydrogen (secondary N) is 1. The van der Waals surface area contributed by atoms with E-state index < -0.39 is 0 Å². The molecule has 1 fully saturated rings. The Morgan fingerprint density at radius 1 is 1.04 bits per heavy atom. The van der Waals surface area contributed by atoms with Gasteiger partial charge in [-0.15, -0.1) is 11.3 Å². The van der Waals surface area contributed by atoms with Gasteiger partial charge in [-0.2, -0.15) is 0 Å². The van der Waals surface area contributed by atoms with E-state index in [9.17, 15) is 4.79 Å². The molecule has 1 N–H and O–H groups in total. The number of hydrogen-bond acceptors (Lipinski definition) is 4. The molecule has 4 nitrogen and oxygen atoms in total. The number of benzene rings is 1. The summed E-state index contributed by atoms with van der Waals surface area (Å²) in [5.41, 5.74) is 3.59. The maximum absolute atomic E-state index is 11.1. The number of rotatable bonds is 5. The van der Waals surface area contributed by atoms with Gasteiger partial charge in [-0.1, -0.05) is 12.1 Å². The molecule has 134 valence electrons. The topological polar surface area (TPSA) is 35.6 Å². The van der Waals surface area contributed by atoms with E-state index in [1.54, 1.807) is 0 Å². The minimum absolute atomic E-state index is 0.0265. The minimum atomic E-state index is -0.0265. The maximum Gasteiger partial charge on any atom is 0.221 e. The van der Waals surface area contributed by atoms with Crippen molar-refractivity contribution in [1.29, 1.82) is 0 Å². The Hall–Kier alpha value is -1.69. The van der Waals surface area contributed by atoms with Gasteiger partial charge in [0.1, 0.15) is 0 Å². The number of aryl methyl sites for hydroxylation is 1. The van der Waals surface area contributed by atoms with Crippen molar-refractivity contribution in [1.82, 2.24) is 9.80 Å². The van der Waals surface area contributed by atoms with Crippen molar-refractivity contribution in [3.05, 3.63) is 51.7 Å². The van der Waals surface area contributed by atoms with E-state index in [0.29, 0.717) is 0 Å². The molecule has 0 radical (unpaired) electrons. The van der Waals surface area contributed by atoms with Crippen LogP contribution in [0.25, 0.3) is 0 Å². The van der Waals surface area contributed by atoms with Crippen LogP contribution in [0.4, 0.5) is 5.69 Å². The standard InChI is InChI=1S/C20H27N3OS/c1-16-8-13-25-20(16)15-23-10-3-9-22(11-12-23)14-18-4-6-19(7-5-18)21-17(2)24/h4-8,13H,3,9-12,14-15H2,1-2H3,(H,21,24). The summed E-state index contributed by atoms with van der Waals surface area (Å²) in [5, 5.41) is 5.01. The molecule has 0 bridgehead atoms. The van der Waals surface area contributed by atoms with E-state index in [2.05, 4.69) is 45.6 Å². The highest BCUT2D eigenvalue weighted by Gasteiger charge is 2.16. The van der Waals surface area contributed by atoms with E-state index >= 15 is 0 Å². The zero-order valence-corrected chi connectivity index (χ0v) is 15.9. The van der Waals surface area contributed by atoms with Gasteiger partial charge in [-0.25, -0.2) is 0 Å². The molecule has 0 aliphatic carbocycles. The smallest absolute Gasteiger partial charge is 0.221 e. The van der Waals surface area contributed by atoms with Crippen LogP contribution in [-0.4, -0.2) is 41.9 Å². The molecule has 2 heterocycles. The lowest BCUT2D eigenvalue weighted by Gasteiger charge is -2.22. The average molecular weight is 358 g/mol. The van der Waals surface area contributed by atoms with Crippen molar-refractivity contribution in [2.45, 2.75) is 33.4 Å². The van der Waals surface area contributed by atoms with Crippen LogP contribution in [0.5, 0.6) is 0 Å². The molecule has 0 unspecified atom stereocenters. The fourth-order valence-electron chi connectivity index (χ4n) is 3.26. The SMILES string of the molecule is CC(=O)Nc1ccc(CN2CCCN(Cc3sccc3C)CC2)cc1. The molecule has 0 spiro atoms. The normalized spacial score (nSPS) is 16.6. The molecule has 1 aromatic carbocycles. The molecular weight excluding hydrogens is 330 g/mol. The summed E-state index contributed by atoms with van der Waals surface area (Å²) in [6, 6.07) is 10.4. The van der Waals surface area contributed by atoms with Gasteiger partial charge in [-0.05, 0) is 61.1 Å². The van der Waals surface area contributed by atoms with Crippen LogP contribution in [0, 0.1) is 6.92 Å². The van der Waals surface area contributed by atoms with Gasteiger partial charge in [0.15, 0.2) is 0 Å². The summed E-state index contributed by atoms with van der Waals surface area (Å²) in [4.78, 5) is 17.7. The number of nitrogens with zero attached hydrogens (tertiary/aromatic N) is 2. The van der Waals surface area contributed by atoms with Gasteiger partial charge in [0.25, 0.3) is 0 Å². The van der Waals surface area contributed by atoms with Crippen molar-refractivity contribution in [2.24, 2.45) is 0 Å². The number of carbonyl (C=O) groups is 1. The quantitative estimate of drug-likeness (QED) is 0.886. The molecule has 25 heavy (non-hydrogen) atoms. The Morgan fingerprint density at radius 3 is 2.32 bits per heavy atom. The maximum atomic E-state index is 11.1. The zero-order valence-electron chi connectivity index (χ0n) is 15.1. The first-order valence-electron chi connectivity index (χ1n) is 8.94. The number of amides is 1. The Bertz CT molecular complexity index is 695. The number of carbonyl (C=O) groups excluding carboxylic acids is 1. The second-order valence-corrected chi connectivity index (χ2v) is 7.81. The zero-order chi connectivity index (χ0) is 17.6. The molecule has 1 aliphatic rings. The van der Waals surface area contributed by atoms with Crippen LogP contribution >= 0.6 is 11.3 Å². The van der Waals surface area contributed by atoms with Gasteiger partial charge >= 0.3 is 0 Å². The average Bonchev–Trinajstić information content (AvgIpc) is 2.85. The van der Waals surface area contributed by atoms with Crippen LogP contribution in [0.1, 0.15) is 29.3 Å². The predicted octanol–water partition coefficient (Wildman–Crippen LogP) is 3.72. The third-order valence-corrected chi connectivity index (χ3v) is 5.70. The fraction of sp³-hybridized carbons (Fsp3) is 0.450. The van der Waals surface area contributed by atoms with E-state index in [-0.39, 0.29) is 5.91 Å². The summed E-state index contributed by atoms with van der Waals surface area (Å²) in [6.45, 7) is 10.4. The summed E-state index contributed by atoms with van der Waals surface area (Å²) in [5.74, 6) is -0.0265. The fourth-order valence-corrected chi connectivity index (χ4v) is 4.21. The van der Waals surface area contributed by atoms with Gasteiger partial charge in [0.2, 0.25) is 5.91 Å². The summed E-state index contributed by atoms with van der Waals surface area (Å²) in [7, 11) is 0. The van der Waals surface area contributed by atoms with Crippen LogP contribution in [0.2, 0.25) is 0 Å². The van der Waals surface area contributed by atoms with Crippen molar-refractivity contribution in [2.75, 3.05) is 31.5 Å². The first kappa shape index (κ1) is 18.1. The lowest BCUT2D eigenvalue weighted by Crippen LogP contribution is -2.30. The van der Waals surface area contributed by atoms with Crippen molar-refractivity contribution >= 4 is 22.9 Å². The van der Waals surface area contributed by atoms with Gasteiger partial charge in [0.05, 0.1) is 0 Å². The van der Waals surface area contributed by atoms with Crippen LogP contribution < -0.4 is 5.32 Å². The largest absolute Gasteiger partial charge is 0.326 e. The van der Waals surface area contributed by atoms with Crippen molar-refractivity contribution in [3.63, 3.8) is 0 Å². The first-order chi connectivity index (χ1) is 12.1. The molecular formula is C20H27N3OS. The van der Waals surface area contributed by atoms with E-state index in [0.717, 1.165) is 38.4 Å². The highest BCUT2D eigenvalue weighted by molar-refractivity contribution is 7.10. The molecule has 0 atom stereocenters. The number of thiophene rings is 1. The van der Waals surface area contributed by atoms with Crippen LogP contribution in [-0.2, 0) is 17.9 Å². The molecule has 1 aliphatic heterocycles. The Morgan fingerprint density at radius 2 is 1.72 bits per heavy atom. The van der Waals surface area contributed by atoms with Gasteiger partial charge in [0, 0.05) is 43.7 Å². The Kier molecular flexibility index (Phi) is 6.24. The lowest BCUT2D eigenvalue weighted by atomic mass is 10.2. The molecule has 1 saturated heterocycles. The molecule has 3 rings (SSSR count). The summed E-state index contributed by atoms with van der Waals surface area (Å²) < 4.78 is 0. The molecule has 1 amide bonds. The summed E-state index contributed by atoms with van der Waals surface area (Å²) >= 11 is 1.87. The Labute approximate surface area is 154 Å². The first-order valence-corrected chi connectivity index (χ1v) is 9.82. The van der Waals surface area contributed by atoms with Gasteiger partial charge < -0.3 is 5.32 Å². The second kappa shape index (κ2) is 8.61. The third-order valence-electron chi connectivity index (χ3n) is 4.70. The highest BCUT2D eigenvalue weighted by atomic mass is 32.1. The van der Waals surface area contributed by atoms with Crippen molar-refractivity contribution < 1.29 is 4.79 Å². The number of hydrogen-bond donors (Lipinski definition) is 1. The molecule has 2 aromatic rings. The minimum Gasteiger partial charge on any atom is -0.326 e. The highest BCUT2D eigenvalue weighted by Crippen LogP contribution is 2.19. The monoisotopic (exact) mass is 357 g/mol. The molecule has 5 heteroatoms. The van der Waals surface area contributed by atoms with Gasteiger partial charge in [-0.3, -0.25) is 14.6 Å². The second-order valence-electron chi connectivity index (χ2n) is 6.81. The van der Waals surface area contributed by atoms with Crippen molar-refractivity contribution in [3.8, 4) is 0 Å². The van der Waals surface area contributed by atoms with E-state index in [1.807, 2.05) is 23.5 Å². The molecule has 1 aromatic heterocycles.